The van der Waals surface area contributed by atoms with E-state index in [2.05, 4.69) is 29.4 Å². The fourth-order valence-corrected chi connectivity index (χ4v) is 7.89. The van der Waals surface area contributed by atoms with Crippen LogP contribution in [0.5, 0.6) is 0 Å². The Bertz CT molecular complexity index is 751. The number of amides is 1. The number of rotatable bonds is 7. The minimum atomic E-state index is -1.01. The van der Waals surface area contributed by atoms with E-state index in [1.807, 2.05) is 19.1 Å². The molecule has 5 heteroatoms. The largest absolute Gasteiger partial charge is 0.350 e. The van der Waals surface area contributed by atoms with Crippen LogP contribution < -0.4 is 10.6 Å². The zero-order chi connectivity index (χ0) is 21.4. The lowest BCUT2D eigenvalue weighted by molar-refractivity contribution is -0.171. The summed E-state index contributed by atoms with van der Waals surface area (Å²) in [4.78, 5) is 13.7. The summed E-state index contributed by atoms with van der Waals surface area (Å²) in [5.41, 5.74) is 0.808. The first kappa shape index (κ1) is 22.1. The SMILES string of the molecule is C=C(/C=C\C=C/C)[C@]12CC3CC(C(=O)N[C@@H]4CCNC[C@@H]4F)(C[C@](CCCl)(C3)C1)C2. The minimum Gasteiger partial charge on any atom is -0.350 e. The summed E-state index contributed by atoms with van der Waals surface area (Å²) in [7, 11) is 0. The Balaban J connectivity index is 1.63. The van der Waals surface area contributed by atoms with E-state index in [0.717, 1.165) is 50.6 Å². The molecular formula is C25H36ClFN2O. The Labute approximate surface area is 185 Å². The molecular weight excluding hydrogens is 399 g/mol. The molecule has 5 aliphatic rings. The molecule has 1 amide bonds. The minimum absolute atomic E-state index is 0.0376. The van der Waals surface area contributed by atoms with Gasteiger partial charge in [0.2, 0.25) is 5.91 Å². The van der Waals surface area contributed by atoms with Crippen molar-refractivity contribution < 1.29 is 9.18 Å². The molecule has 4 saturated carbocycles. The lowest BCUT2D eigenvalue weighted by atomic mass is 9.37. The third-order valence-electron chi connectivity index (χ3n) is 8.30. The van der Waals surface area contributed by atoms with Crippen LogP contribution in [0.1, 0.15) is 58.3 Å². The predicted molar refractivity (Wildman–Crippen MR) is 121 cm³/mol. The first-order valence-corrected chi connectivity index (χ1v) is 12.1. The molecule has 2 unspecified atom stereocenters. The molecule has 0 radical (unpaired) electrons. The zero-order valence-electron chi connectivity index (χ0n) is 18.2. The van der Waals surface area contributed by atoms with Gasteiger partial charge in [-0.15, -0.1) is 11.6 Å². The number of hydrogen-bond donors (Lipinski definition) is 2. The topological polar surface area (TPSA) is 41.1 Å². The highest BCUT2D eigenvalue weighted by molar-refractivity contribution is 6.17. The average molecular weight is 435 g/mol. The van der Waals surface area contributed by atoms with E-state index in [0.29, 0.717) is 24.8 Å². The van der Waals surface area contributed by atoms with E-state index in [9.17, 15) is 9.18 Å². The second-order valence-corrected chi connectivity index (χ2v) is 10.9. The van der Waals surface area contributed by atoms with Gasteiger partial charge in [0, 0.05) is 12.4 Å². The Morgan fingerprint density at radius 1 is 1.23 bits per heavy atom. The van der Waals surface area contributed by atoms with Crippen molar-refractivity contribution in [2.75, 3.05) is 19.0 Å². The van der Waals surface area contributed by atoms with Gasteiger partial charge < -0.3 is 10.6 Å². The van der Waals surface area contributed by atoms with Crippen LogP contribution in [-0.4, -0.2) is 37.1 Å². The Morgan fingerprint density at radius 3 is 2.73 bits per heavy atom. The van der Waals surface area contributed by atoms with E-state index >= 15 is 0 Å². The third kappa shape index (κ3) is 3.90. The van der Waals surface area contributed by atoms with E-state index in [1.165, 1.54) is 6.42 Å². The molecule has 6 atom stereocenters. The average Bonchev–Trinajstić information content (AvgIpc) is 2.68. The van der Waals surface area contributed by atoms with Crippen molar-refractivity contribution in [3.8, 4) is 0 Å². The number of alkyl halides is 2. The first-order valence-electron chi connectivity index (χ1n) is 11.6. The van der Waals surface area contributed by atoms with Crippen LogP contribution in [0.25, 0.3) is 0 Å². The molecule has 2 N–H and O–H groups in total. The summed E-state index contributed by atoms with van der Waals surface area (Å²) in [6.45, 7) is 7.56. The van der Waals surface area contributed by atoms with Crippen LogP contribution in [0.15, 0.2) is 36.5 Å². The van der Waals surface area contributed by atoms with Gasteiger partial charge in [-0.25, -0.2) is 4.39 Å². The molecule has 4 bridgehead atoms. The molecule has 30 heavy (non-hydrogen) atoms. The number of hydrogen-bond acceptors (Lipinski definition) is 2. The normalized spacial score (nSPS) is 42.8. The number of piperidine rings is 1. The molecule has 0 spiro atoms. The van der Waals surface area contributed by atoms with Crippen LogP contribution in [0.3, 0.4) is 0 Å². The molecule has 3 nitrogen and oxygen atoms in total. The lowest BCUT2D eigenvalue weighted by Crippen LogP contribution is -2.63. The van der Waals surface area contributed by atoms with Gasteiger partial charge in [-0.1, -0.05) is 30.9 Å². The van der Waals surface area contributed by atoms with E-state index < -0.39 is 11.6 Å². The zero-order valence-corrected chi connectivity index (χ0v) is 18.9. The Morgan fingerprint density at radius 2 is 2.00 bits per heavy atom. The van der Waals surface area contributed by atoms with Gasteiger partial charge in [0.1, 0.15) is 6.17 Å². The van der Waals surface area contributed by atoms with Gasteiger partial charge in [-0.3, -0.25) is 4.79 Å². The quantitative estimate of drug-likeness (QED) is 0.433. The predicted octanol–water partition coefficient (Wildman–Crippen LogP) is 5.08. The van der Waals surface area contributed by atoms with Crippen molar-refractivity contribution >= 4 is 17.5 Å². The highest BCUT2D eigenvalue weighted by Crippen LogP contribution is 2.72. The molecule has 1 saturated heterocycles. The van der Waals surface area contributed by atoms with Gasteiger partial charge in [0.05, 0.1) is 11.5 Å². The molecule has 0 aromatic heterocycles. The summed E-state index contributed by atoms with van der Waals surface area (Å²) >= 11 is 6.26. The third-order valence-corrected chi connectivity index (χ3v) is 8.49. The second-order valence-electron chi connectivity index (χ2n) is 10.5. The molecule has 5 rings (SSSR count). The van der Waals surface area contributed by atoms with Crippen molar-refractivity contribution in [1.29, 1.82) is 0 Å². The van der Waals surface area contributed by atoms with Crippen LogP contribution in [-0.2, 0) is 4.79 Å². The molecule has 166 valence electrons. The van der Waals surface area contributed by atoms with Gasteiger partial charge in [-0.05, 0) is 87.2 Å². The summed E-state index contributed by atoms with van der Waals surface area (Å²) in [6, 6.07) is -0.371. The monoisotopic (exact) mass is 434 g/mol. The fourth-order valence-electron chi connectivity index (χ4n) is 7.49. The standard InChI is InChI=1S/C25H36ClFN2O/c1-3-4-5-6-18(2)24-12-19-11-23(15-24,8-9-26)16-25(13-19,17-24)22(30)29-21-7-10-28-14-20(21)27/h3-6,19-21,28H,2,7-17H2,1H3,(H,29,30)/b4-3-,6-5-/t19?,20-,21+,23+,24+,25?/m0/s1. The molecule has 1 aliphatic heterocycles. The van der Waals surface area contributed by atoms with Crippen LogP contribution in [0.4, 0.5) is 4.39 Å². The van der Waals surface area contributed by atoms with Crippen molar-refractivity contribution in [3.63, 3.8) is 0 Å². The lowest BCUT2D eigenvalue weighted by Gasteiger charge is -2.66. The van der Waals surface area contributed by atoms with Crippen molar-refractivity contribution in [3.05, 3.63) is 36.5 Å². The Kier molecular flexibility index (Phi) is 6.20. The summed E-state index contributed by atoms with van der Waals surface area (Å²) < 4.78 is 14.4. The number of carbonyl (C=O) groups excluding carboxylic acids is 1. The number of carbonyl (C=O) groups is 1. The van der Waals surface area contributed by atoms with E-state index in [4.69, 9.17) is 11.6 Å². The maximum atomic E-state index is 14.4. The number of nitrogens with one attached hydrogen (secondary N) is 2. The highest BCUT2D eigenvalue weighted by atomic mass is 35.5. The summed E-state index contributed by atoms with van der Waals surface area (Å²) in [5, 5.41) is 6.22. The van der Waals surface area contributed by atoms with Crippen LogP contribution >= 0.6 is 11.6 Å². The van der Waals surface area contributed by atoms with Gasteiger partial charge in [0.15, 0.2) is 0 Å². The van der Waals surface area contributed by atoms with Gasteiger partial charge in [-0.2, -0.15) is 0 Å². The van der Waals surface area contributed by atoms with Crippen molar-refractivity contribution in [1.82, 2.24) is 10.6 Å². The molecule has 4 aliphatic carbocycles. The molecule has 1 heterocycles. The van der Waals surface area contributed by atoms with Gasteiger partial charge in [0.25, 0.3) is 0 Å². The van der Waals surface area contributed by atoms with Crippen molar-refractivity contribution in [2.45, 2.75) is 70.5 Å². The van der Waals surface area contributed by atoms with Crippen LogP contribution in [0, 0.1) is 22.2 Å². The van der Waals surface area contributed by atoms with Gasteiger partial charge >= 0.3 is 0 Å². The van der Waals surface area contributed by atoms with Crippen LogP contribution in [0.2, 0.25) is 0 Å². The Hall–Kier alpha value is -1.13. The van der Waals surface area contributed by atoms with E-state index in [1.54, 1.807) is 0 Å². The summed E-state index contributed by atoms with van der Waals surface area (Å²) in [5.74, 6) is 1.23. The maximum Gasteiger partial charge on any atom is 0.226 e. The molecule has 0 aromatic rings. The molecule has 0 aromatic carbocycles. The first-order chi connectivity index (χ1) is 14.4. The van der Waals surface area contributed by atoms with Crippen molar-refractivity contribution in [2.24, 2.45) is 22.2 Å². The maximum absolute atomic E-state index is 14.4. The molecule has 5 fully saturated rings. The smallest absolute Gasteiger partial charge is 0.226 e. The summed E-state index contributed by atoms with van der Waals surface area (Å²) in [6.07, 6.45) is 14.9. The number of halogens is 2. The second kappa shape index (κ2) is 8.43. The fraction of sp³-hybridized carbons (Fsp3) is 0.720. The highest BCUT2D eigenvalue weighted by Gasteiger charge is 2.65. The van der Waals surface area contributed by atoms with E-state index in [-0.39, 0.29) is 22.8 Å². The number of allylic oxidation sites excluding steroid dienone is 5.